The number of piperidine rings is 1. The third-order valence-corrected chi connectivity index (χ3v) is 6.34. The van der Waals surface area contributed by atoms with Crippen LogP contribution < -0.4 is 5.32 Å². The molecule has 2 aromatic heterocycles. The fraction of sp³-hybridized carbons (Fsp3) is 0.409. The summed E-state index contributed by atoms with van der Waals surface area (Å²) in [7, 11) is 0. The monoisotopic (exact) mass is 476 g/mol. The summed E-state index contributed by atoms with van der Waals surface area (Å²) in [5.41, 5.74) is -1.99. The lowest BCUT2D eigenvalue weighted by atomic mass is 9.64. The van der Waals surface area contributed by atoms with E-state index in [0.29, 0.717) is 30.5 Å². The largest absolute Gasteiger partial charge is 0.417 e. The van der Waals surface area contributed by atoms with E-state index >= 15 is 0 Å². The molecular formula is C22H20F4N6O2. The zero-order valence-corrected chi connectivity index (χ0v) is 18.2. The lowest BCUT2D eigenvalue weighted by molar-refractivity contribution is -0.137. The van der Waals surface area contributed by atoms with Gasteiger partial charge in [-0.2, -0.15) is 18.2 Å². The van der Waals surface area contributed by atoms with E-state index in [4.69, 9.17) is 4.52 Å². The molecular weight excluding hydrogens is 456 g/mol. The van der Waals surface area contributed by atoms with Gasteiger partial charge in [-0.1, -0.05) is 12.1 Å². The number of aromatic nitrogens is 4. The summed E-state index contributed by atoms with van der Waals surface area (Å²) in [4.78, 5) is 26.6. The topological polar surface area (TPSA) is 97.0 Å². The summed E-state index contributed by atoms with van der Waals surface area (Å²) in [5, 5.41) is 6.55. The summed E-state index contributed by atoms with van der Waals surface area (Å²) in [6, 6.07) is 2.61. The van der Waals surface area contributed by atoms with Crippen LogP contribution in [-0.2, 0) is 11.7 Å². The van der Waals surface area contributed by atoms with Crippen LogP contribution in [0.2, 0.25) is 0 Å². The van der Waals surface area contributed by atoms with Crippen molar-refractivity contribution in [2.75, 3.05) is 5.32 Å². The van der Waals surface area contributed by atoms with E-state index in [-0.39, 0.29) is 23.1 Å². The number of urea groups is 1. The summed E-state index contributed by atoms with van der Waals surface area (Å²) in [5.74, 6) is 0.0660. The molecule has 1 saturated heterocycles. The number of hydrogen-bond donors (Lipinski definition) is 1. The molecule has 12 heteroatoms. The zero-order valence-electron chi connectivity index (χ0n) is 18.2. The highest BCUT2D eigenvalue weighted by molar-refractivity contribution is 5.92. The van der Waals surface area contributed by atoms with Crippen molar-refractivity contribution in [1.29, 1.82) is 0 Å². The Morgan fingerprint density at radius 1 is 1.24 bits per heavy atom. The molecule has 34 heavy (non-hydrogen) atoms. The van der Waals surface area contributed by atoms with Crippen LogP contribution >= 0.6 is 0 Å². The molecule has 1 N–H and O–H groups in total. The Labute approximate surface area is 191 Å². The number of anilines is 1. The van der Waals surface area contributed by atoms with Crippen LogP contribution in [0.5, 0.6) is 0 Å². The number of carbonyl (C=O) groups is 1. The molecule has 2 unspecified atom stereocenters. The molecule has 2 bridgehead atoms. The highest BCUT2D eigenvalue weighted by Gasteiger charge is 2.62. The van der Waals surface area contributed by atoms with Gasteiger partial charge < -0.3 is 14.7 Å². The quantitative estimate of drug-likeness (QED) is 0.539. The minimum Gasteiger partial charge on any atom is -0.337 e. The van der Waals surface area contributed by atoms with E-state index in [1.165, 1.54) is 0 Å². The number of aryl methyl sites for hydroxylation is 1. The van der Waals surface area contributed by atoms with Gasteiger partial charge in [0.1, 0.15) is 5.54 Å². The van der Waals surface area contributed by atoms with Crippen LogP contribution in [0.1, 0.15) is 43.5 Å². The van der Waals surface area contributed by atoms with Gasteiger partial charge in [-0.25, -0.2) is 19.2 Å². The Balaban J connectivity index is 1.47. The maximum atomic E-state index is 13.6. The van der Waals surface area contributed by atoms with E-state index in [1.54, 1.807) is 11.8 Å². The Kier molecular flexibility index (Phi) is 5.06. The summed E-state index contributed by atoms with van der Waals surface area (Å²) in [6.45, 7) is 3.78. The minimum atomic E-state index is -4.69. The predicted molar refractivity (Wildman–Crippen MR) is 111 cm³/mol. The van der Waals surface area contributed by atoms with Gasteiger partial charge in [0.05, 0.1) is 18.0 Å². The first kappa shape index (κ1) is 22.2. The van der Waals surface area contributed by atoms with Crippen molar-refractivity contribution in [2.24, 2.45) is 5.92 Å². The molecule has 178 valence electrons. The van der Waals surface area contributed by atoms with E-state index in [1.807, 2.05) is 0 Å². The molecule has 1 saturated carbocycles. The summed E-state index contributed by atoms with van der Waals surface area (Å²) in [6.07, 6.45) is -1.02. The van der Waals surface area contributed by atoms with Crippen LogP contribution in [-0.4, -0.2) is 37.1 Å². The maximum Gasteiger partial charge on any atom is 0.417 e. The molecule has 2 amide bonds. The molecule has 3 aromatic rings. The molecule has 2 aliphatic rings. The Hall–Kier alpha value is -3.57. The third kappa shape index (κ3) is 3.66. The van der Waals surface area contributed by atoms with Crippen LogP contribution in [0.25, 0.3) is 11.4 Å². The highest BCUT2D eigenvalue weighted by atomic mass is 19.4. The smallest absolute Gasteiger partial charge is 0.337 e. The van der Waals surface area contributed by atoms with Crippen molar-refractivity contribution in [3.05, 3.63) is 53.7 Å². The van der Waals surface area contributed by atoms with Gasteiger partial charge in [-0.05, 0) is 43.9 Å². The second-order valence-corrected chi connectivity index (χ2v) is 8.86. The lowest BCUT2D eigenvalue weighted by Gasteiger charge is -2.61. The number of hydrogen-bond acceptors (Lipinski definition) is 6. The predicted octanol–water partition coefficient (Wildman–Crippen LogP) is 4.92. The first-order valence-corrected chi connectivity index (χ1v) is 10.7. The number of nitrogens with zero attached hydrogens (tertiary/aromatic N) is 5. The number of amides is 2. The van der Waals surface area contributed by atoms with Crippen LogP contribution in [0, 0.1) is 18.7 Å². The van der Waals surface area contributed by atoms with Gasteiger partial charge in [-0.3, -0.25) is 0 Å². The maximum absolute atomic E-state index is 13.6. The Morgan fingerprint density at radius 3 is 2.62 bits per heavy atom. The molecule has 8 nitrogen and oxygen atoms in total. The summed E-state index contributed by atoms with van der Waals surface area (Å²) < 4.78 is 59.4. The number of rotatable bonds is 3. The normalized spacial score (nSPS) is 24.0. The highest BCUT2D eigenvalue weighted by Crippen LogP contribution is 2.55. The van der Waals surface area contributed by atoms with Crippen LogP contribution in [0.15, 0.2) is 35.1 Å². The first-order chi connectivity index (χ1) is 16.1. The second kappa shape index (κ2) is 7.74. The molecule has 3 atom stereocenters. The molecule has 3 heterocycles. The zero-order chi connectivity index (χ0) is 24.3. The molecule has 1 aliphatic carbocycles. The fourth-order valence-corrected chi connectivity index (χ4v) is 5.12. The summed E-state index contributed by atoms with van der Waals surface area (Å²) >= 11 is 0. The van der Waals surface area contributed by atoms with E-state index < -0.39 is 29.1 Å². The van der Waals surface area contributed by atoms with Gasteiger partial charge in [0, 0.05) is 23.7 Å². The number of alkyl halides is 3. The number of nitrogens with one attached hydrogen (secondary N) is 1. The second-order valence-electron chi connectivity index (χ2n) is 8.86. The number of likely N-dealkylation sites (tertiary alicyclic amines) is 1. The minimum absolute atomic E-state index is 0.0506. The molecule has 0 radical (unpaired) electrons. The number of fused-ring (bicyclic) bond motifs is 2. The first-order valence-electron chi connectivity index (χ1n) is 10.7. The van der Waals surface area contributed by atoms with Crippen molar-refractivity contribution in [3.63, 3.8) is 0 Å². The van der Waals surface area contributed by atoms with Gasteiger partial charge in [0.2, 0.25) is 0 Å². The van der Waals surface area contributed by atoms with Gasteiger partial charge in [0.25, 0.3) is 5.89 Å². The number of halogens is 4. The molecule has 1 aliphatic heterocycles. The molecule has 2 fully saturated rings. The number of carbonyl (C=O) groups excluding carboxylic acids is 1. The van der Waals surface area contributed by atoms with Crippen molar-refractivity contribution in [2.45, 2.75) is 50.9 Å². The number of benzene rings is 1. The SMILES string of the molecule is Cc1noc(C23CC(C[C@H](C)C2)N3C(=O)Nc2ccc(C(F)(F)F)c(-c3ncc(F)cn3)c2)n1. The van der Waals surface area contributed by atoms with Gasteiger partial charge in [0.15, 0.2) is 17.5 Å². The van der Waals surface area contributed by atoms with Crippen molar-refractivity contribution in [3.8, 4) is 11.4 Å². The van der Waals surface area contributed by atoms with E-state index in [2.05, 4.69) is 32.3 Å². The van der Waals surface area contributed by atoms with Crippen molar-refractivity contribution in [1.82, 2.24) is 25.0 Å². The molecule has 1 aromatic carbocycles. The Morgan fingerprint density at radius 2 is 1.97 bits per heavy atom. The van der Waals surface area contributed by atoms with Crippen LogP contribution in [0.4, 0.5) is 28.0 Å². The standard InChI is InChI=1S/C22H20F4N6O2/c1-11-5-15-8-21(7-11,19-29-12(2)31-34-19)32(15)20(33)30-14-3-4-17(22(24,25)26)16(6-14)18-27-9-13(23)10-28-18/h3-4,6,9-11,15H,5,7-8H2,1-2H3,(H,30,33)/t11-,15?,21?/m0/s1. The van der Waals surface area contributed by atoms with E-state index in [9.17, 15) is 22.4 Å². The van der Waals surface area contributed by atoms with Crippen molar-refractivity contribution < 1.29 is 26.9 Å². The third-order valence-electron chi connectivity index (χ3n) is 6.34. The van der Waals surface area contributed by atoms with Gasteiger partial charge >= 0.3 is 12.2 Å². The average Bonchev–Trinajstić information content (AvgIpc) is 3.19. The fourth-order valence-electron chi connectivity index (χ4n) is 5.12. The molecule has 0 spiro atoms. The van der Waals surface area contributed by atoms with Gasteiger partial charge in [-0.15, -0.1) is 0 Å². The lowest BCUT2D eigenvalue weighted by Crippen LogP contribution is -2.70. The van der Waals surface area contributed by atoms with Crippen LogP contribution in [0.3, 0.4) is 0 Å². The van der Waals surface area contributed by atoms with E-state index in [0.717, 1.165) is 37.0 Å². The Bertz CT molecular complexity index is 1240. The molecule has 5 rings (SSSR count). The average molecular weight is 476 g/mol. The van der Waals surface area contributed by atoms with Crippen molar-refractivity contribution >= 4 is 11.7 Å².